The predicted molar refractivity (Wildman–Crippen MR) is 87.3 cm³/mol. The molecule has 122 valence electrons. The summed E-state index contributed by atoms with van der Waals surface area (Å²) < 4.78 is 23.9. The van der Waals surface area contributed by atoms with Crippen LogP contribution in [0.25, 0.3) is 0 Å². The zero-order valence-corrected chi connectivity index (χ0v) is 14.5. The maximum atomic E-state index is 12.2. The van der Waals surface area contributed by atoms with Gasteiger partial charge in [-0.15, -0.1) is 0 Å². The predicted octanol–water partition coefficient (Wildman–Crippen LogP) is 1.51. The Labute approximate surface area is 133 Å². The molecule has 0 spiro atoms. The van der Waals surface area contributed by atoms with Gasteiger partial charge in [0, 0.05) is 26.1 Å². The summed E-state index contributed by atoms with van der Waals surface area (Å²) in [5.74, 6) is 0.216. The largest absolute Gasteiger partial charge is 0.341 e. The van der Waals surface area contributed by atoms with Crippen molar-refractivity contribution in [3.8, 4) is 0 Å². The molecule has 1 unspecified atom stereocenters. The van der Waals surface area contributed by atoms with Gasteiger partial charge >= 0.3 is 0 Å². The van der Waals surface area contributed by atoms with Crippen molar-refractivity contribution in [1.29, 1.82) is 0 Å². The Kier molecular flexibility index (Phi) is 4.92. The first-order valence-electron chi connectivity index (χ1n) is 7.44. The van der Waals surface area contributed by atoms with Crippen LogP contribution in [0, 0.1) is 13.8 Å². The van der Waals surface area contributed by atoms with E-state index in [0.29, 0.717) is 19.0 Å². The second kappa shape index (κ2) is 6.38. The Morgan fingerprint density at radius 2 is 2.05 bits per heavy atom. The van der Waals surface area contributed by atoms with E-state index in [0.717, 1.165) is 17.0 Å². The average molecular weight is 324 g/mol. The van der Waals surface area contributed by atoms with Crippen LogP contribution in [0.5, 0.6) is 0 Å². The van der Waals surface area contributed by atoms with Crippen LogP contribution in [0.1, 0.15) is 29.0 Å². The van der Waals surface area contributed by atoms with Crippen molar-refractivity contribution in [2.24, 2.45) is 0 Å². The molecule has 1 heterocycles. The van der Waals surface area contributed by atoms with Gasteiger partial charge < -0.3 is 4.90 Å². The van der Waals surface area contributed by atoms with E-state index in [1.54, 1.807) is 4.90 Å². The average Bonchev–Trinajstić information content (AvgIpc) is 2.87. The molecule has 0 N–H and O–H groups in total. The van der Waals surface area contributed by atoms with Crippen molar-refractivity contribution in [3.05, 3.63) is 34.9 Å². The molecule has 5 nitrogen and oxygen atoms in total. The second-order valence-electron chi connectivity index (χ2n) is 6.20. The molecule has 0 saturated carbocycles. The lowest BCUT2D eigenvalue weighted by molar-refractivity contribution is -0.130. The number of carbonyl (C=O) groups excluding carboxylic acids is 1. The van der Waals surface area contributed by atoms with E-state index < -0.39 is 10.0 Å². The Morgan fingerprint density at radius 1 is 1.36 bits per heavy atom. The SMILES string of the molecule is Cc1ccc(C2CCN(C(=O)CN(C)S(C)(=O)=O)C2)c(C)c1. The van der Waals surface area contributed by atoms with Gasteiger partial charge in [-0.2, -0.15) is 4.31 Å². The third-order valence-corrected chi connectivity index (χ3v) is 5.59. The maximum Gasteiger partial charge on any atom is 0.237 e. The molecular formula is C16H24N2O3S. The van der Waals surface area contributed by atoms with Gasteiger partial charge in [0.1, 0.15) is 0 Å². The number of sulfonamides is 1. The Bertz CT molecular complexity index is 670. The van der Waals surface area contributed by atoms with E-state index in [-0.39, 0.29) is 12.5 Å². The fourth-order valence-corrected chi connectivity index (χ4v) is 3.28. The minimum Gasteiger partial charge on any atom is -0.341 e. The molecule has 0 radical (unpaired) electrons. The number of hydrogen-bond donors (Lipinski definition) is 0. The normalized spacial score (nSPS) is 19.0. The van der Waals surface area contributed by atoms with Crippen molar-refractivity contribution in [1.82, 2.24) is 9.21 Å². The summed E-state index contributed by atoms with van der Waals surface area (Å²) in [5, 5.41) is 0. The van der Waals surface area contributed by atoms with E-state index in [2.05, 4.69) is 32.0 Å². The summed E-state index contributed by atoms with van der Waals surface area (Å²) in [6, 6.07) is 6.41. The highest BCUT2D eigenvalue weighted by Crippen LogP contribution is 2.30. The van der Waals surface area contributed by atoms with Crippen molar-refractivity contribution >= 4 is 15.9 Å². The molecule has 0 bridgehead atoms. The lowest BCUT2D eigenvalue weighted by Crippen LogP contribution is -2.39. The van der Waals surface area contributed by atoms with Gasteiger partial charge in [0.2, 0.25) is 15.9 Å². The zero-order valence-electron chi connectivity index (χ0n) is 13.7. The third kappa shape index (κ3) is 3.87. The molecule has 22 heavy (non-hydrogen) atoms. The van der Waals surface area contributed by atoms with Crippen molar-refractivity contribution in [2.75, 3.05) is 32.9 Å². The fourth-order valence-electron chi connectivity index (χ4n) is 2.93. The van der Waals surface area contributed by atoms with E-state index in [4.69, 9.17) is 0 Å². The summed E-state index contributed by atoms with van der Waals surface area (Å²) >= 11 is 0. The number of carbonyl (C=O) groups is 1. The van der Waals surface area contributed by atoms with E-state index in [1.165, 1.54) is 23.7 Å². The first-order valence-corrected chi connectivity index (χ1v) is 9.29. The van der Waals surface area contributed by atoms with Crippen molar-refractivity contribution in [3.63, 3.8) is 0 Å². The summed E-state index contributed by atoms with van der Waals surface area (Å²) in [4.78, 5) is 14.0. The van der Waals surface area contributed by atoms with Crippen LogP contribution in [-0.2, 0) is 14.8 Å². The first kappa shape index (κ1) is 17.0. The molecule has 1 saturated heterocycles. The van der Waals surface area contributed by atoms with Crippen LogP contribution in [0.4, 0.5) is 0 Å². The number of nitrogens with zero attached hydrogens (tertiary/aromatic N) is 2. The van der Waals surface area contributed by atoms with Gasteiger partial charge in [-0.25, -0.2) is 8.42 Å². The van der Waals surface area contributed by atoms with Crippen LogP contribution in [0.2, 0.25) is 0 Å². The third-order valence-electron chi connectivity index (χ3n) is 4.33. The van der Waals surface area contributed by atoms with Crippen molar-refractivity contribution < 1.29 is 13.2 Å². The van der Waals surface area contributed by atoms with Gasteiger partial charge in [0.05, 0.1) is 12.8 Å². The van der Waals surface area contributed by atoms with E-state index in [1.807, 2.05) is 0 Å². The second-order valence-corrected chi connectivity index (χ2v) is 8.29. The summed E-state index contributed by atoms with van der Waals surface area (Å²) in [5.41, 5.74) is 3.78. The molecule has 1 atom stereocenters. The molecular weight excluding hydrogens is 300 g/mol. The smallest absolute Gasteiger partial charge is 0.237 e. The number of benzene rings is 1. The van der Waals surface area contributed by atoms with Gasteiger partial charge in [0.25, 0.3) is 0 Å². The van der Waals surface area contributed by atoms with Crippen molar-refractivity contribution in [2.45, 2.75) is 26.2 Å². The molecule has 1 amide bonds. The van der Waals surface area contributed by atoms with Crippen LogP contribution in [-0.4, -0.2) is 56.5 Å². The maximum absolute atomic E-state index is 12.2. The summed E-state index contributed by atoms with van der Waals surface area (Å²) in [6.07, 6.45) is 2.04. The molecule has 1 fully saturated rings. The van der Waals surface area contributed by atoms with Gasteiger partial charge in [0.15, 0.2) is 0 Å². The lowest BCUT2D eigenvalue weighted by atomic mass is 9.93. The van der Waals surface area contributed by atoms with Gasteiger partial charge in [-0.1, -0.05) is 23.8 Å². The molecule has 2 rings (SSSR count). The molecule has 1 aromatic rings. The monoisotopic (exact) mass is 324 g/mol. The van der Waals surface area contributed by atoms with Crippen LogP contribution >= 0.6 is 0 Å². The van der Waals surface area contributed by atoms with Crippen LogP contribution < -0.4 is 0 Å². The quantitative estimate of drug-likeness (QED) is 0.843. The first-order chi connectivity index (χ1) is 10.2. The highest BCUT2D eigenvalue weighted by atomic mass is 32.2. The van der Waals surface area contributed by atoms with Gasteiger partial charge in [-0.3, -0.25) is 4.79 Å². The molecule has 6 heteroatoms. The van der Waals surface area contributed by atoms with E-state index >= 15 is 0 Å². The number of rotatable bonds is 4. The molecule has 1 aliphatic heterocycles. The summed E-state index contributed by atoms with van der Waals surface area (Å²) in [7, 11) is -1.88. The highest BCUT2D eigenvalue weighted by Gasteiger charge is 2.29. The Balaban J connectivity index is 2.02. The molecule has 0 aliphatic carbocycles. The number of aryl methyl sites for hydroxylation is 2. The minimum absolute atomic E-state index is 0.0849. The number of amides is 1. The standard InChI is InChI=1S/C16H24N2O3S/c1-12-5-6-15(13(2)9-12)14-7-8-18(10-14)16(19)11-17(3)22(4,20)21/h5-6,9,14H,7-8,10-11H2,1-4H3. The number of likely N-dealkylation sites (tertiary alicyclic amines) is 1. The highest BCUT2D eigenvalue weighted by molar-refractivity contribution is 7.88. The molecule has 0 aromatic heterocycles. The van der Waals surface area contributed by atoms with Gasteiger partial charge in [-0.05, 0) is 31.4 Å². The van der Waals surface area contributed by atoms with Crippen LogP contribution in [0.3, 0.4) is 0 Å². The number of likely N-dealkylation sites (N-methyl/N-ethyl adjacent to an activating group) is 1. The zero-order chi connectivity index (χ0) is 16.5. The fraction of sp³-hybridized carbons (Fsp3) is 0.562. The molecule has 1 aliphatic rings. The van der Waals surface area contributed by atoms with E-state index in [9.17, 15) is 13.2 Å². The van der Waals surface area contributed by atoms with Crippen LogP contribution in [0.15, 0.2) is 18.2 Å². The topological polar surface area (TPSA) is 57.7 Å². The molecule has 1 aromatic carbocycles. The Morgan fingerprint density at radius 3 is 2.64 bits per heavy atom. The lowest BCUT2D eigenvalue weighted by Gasteiger charge is -2.21. The summed E-state index contributed by atoms with van der Waals surface area (Å²) in [6.45, 7) is 5.44. The number of hydrogen-bond acceptors (Lipinski definition) is 3. The Hall–Kier alpha value is -1.40. The minimum atomic E-state index is -3.32.